The molecule has 1 aliphatic carbocycles. The Bertz CT molecular complexity index is 479. The molecule has 122 valence electrons. The van der Waals surface area contributed by atoms with Crippen LogP contribution in [-0.4, -0.2) is 30.3 Å². The van der Waals surface area contributed by atoms with Gasteiger partial charge in [-0.3, -0.25) is 0 Å². The highest BCUT2D eigenvalue weighted by Gasteiger charge is 2.45. The zero-order chi connectivity index (χ0) is 15.6. The molecule has 1 aromatic rings. The lowest BCUT2D eigenvalue weighted by Gasteiger charge is -2.48. The molecule has 2 N–H and O–H groups in total. The topological polar surface area (TPSA) is 35.5 Å². The minimum Gasteiger partial charge on any atom is -0.389 e. The molecule has 1 saturated carbocycles. The molecule has 3 atom stereocenters. The van der Waals surface area contributed by atoms with Gasteiger partial charge in [0.25, 0.3) is 0 Å². The van der Waals surface area contributed by atoms with Crippen molar-refractivity contribution in [1.29, 1.82) is 0 Å². The van der Waals surface area contributed by atoms with Gasteiger partial charge in [0.15, 0.2) is 0 Å². The van der Waals surface area contributed by atoms with Crippen molar-refractivity contribution < 1.29 is 5.11 Å². The third-order valence-electron chi connectivity index (χ3n) is 5.77. The third-order valence-corrected chi connectivity index (χ3v) is 5.77. The summed E-state index contributed by atoms with van der Waals surface area (Å²) in [5.74, 6) is 0.370. The maximum absolute atomic E-state index is 11.0. The maximum atomic E-state index is 11.0. The maximum Gasteiger partial charge on any atom is 0.0706 e. The largest absolute Gasteiger partial charge is 0.389 e. The van der Waals surface area contributed by atoms with Gasteiger partial charge in [0, 0.05) is 30.7 Å². The number of hydrogen-bond donors (Lipinski definition) is 2. The van der Waals surface area contributed by atoms with Gasteiger partial charge in [-0.05, 0) is 57.4 Å². The van der Waals surface area contributed by atoms with Gasteiger partial charge in [-0.15, -0.1) is 0 Å². The van der Waals surface area contributed by atoms with Gasteiger partial charge in [0.2, 0.25) is 0 Å². The fourth-order valence-corrected chi connectivity index (χ4v) is 4.45. The van der Waals surface area contributed by atoms with E-state index in [1.807, 2.05) is 0 Å². The van der Waals surface area contributed by atoms with E-state index in [-0.39, 0.29) is 0 Å². The van der Waals surface area contributed by atoms with Gasteiger partial charge in [0.05, 0.1) is 5.60 Å². The van der Waals surface area contributed by atoms with Crippen LogP contribution in [0.4, 0.5) is 5.69 Å². The van der Waals surface area contributed by atoms with Crippen LogP contribution in [0.5, 0.6) is 0 Å². The number of nitrogens with zero attached hydrogens (tertiary/aromatic N) is 1. The quantitative estimate of drug-likeness (QED) is 0.893. The van der Waals surface area contributed by atoms with E-state index in [0.717, 1.165) is 38.9 Å². The van der Waals surface area contributed by atoms with Crippen molar-refractivity contribution in [2.75, 3.05) is 24.5 Å². The van der Waals surface area contributed by atoms with E-state index in [9.17, 15) is 5.11 Å². The van der Waals surface area contributed by atoms with Crippen LogP contribution in [0, 0.1) is 5.92 Å². The summed E-state index contributed by atoms with van der Waals surface area (Å²) >= 11 is 0. The Hall–Kier alpha value is -1.06. The number of aliphatic hydroxyl groups is 1. The number of anilines is 1. The van der Waals surface area contributed by atoms with Crippen LogP contribution < -0.4 is 10.2 Å². The van der Waals surface area contributed by atoms with Crippen molar-refractivity contribution in [3.63, 3.8) is 0 Å². The number of rotatable bonds is 4. The summed E-state index contributed by atoms with van der Waals surface area (Å²) in [6.07, 6.45) is 5.47. The first-order valence-electron chi connectivity index (χ1n) is 8.98. The van der Waals surface area contributed by atoms with Gasteiger partial charge in [0.1, 0.15) is 0 Å². The molecular weight excluding hydrogens is 272 g/mol. The van der Waals surface area contributed by atoms with Crippen LogP contribution in [0.25, 0.3) is 0 Å². The van der Waals surface area contributed by atoms with Crippen molar-refractivity contribution in [1.82, 2.24) is 5.32 Å². The molecule has 3 heteroatoms. The third kappa shape index (κ3) is 2.89. The normalized spacial score (nSPS) is 31.6. The van der Waals surface area contributed by atoms with Crippen LogP contribution in [-0.2, 0) is 0 Å². The SMILES string of the molecule is CCN(CC)c1ccc([C@H]2NCC[C@@]3(O)CCCC[C@H]23)cc1. The summed E-state index contributed by atoms with van der Waals surface area (Å²) in [4.78, 5) is 2.37. The van der Waals surface area contributed by atoms with Crippen LogP contribution in [0.1, 0.15) is 57.6 Å². The smallest absolute Gasteiger partial charge is 0.0706 e. The lowest BCUT2D eigenvalue weighted by atomic mass is 9.67. The van der Waals surface area contributed by atoms with Crippen LogP contribution in [0.2, 0.25) is 0 Å². The summed E-state index contributed by atoms with van der Waals surface area (Å²) in [5.41, 5.74) is 2.19. The first-order chi connectivity index (χ1) is 10.7. The predicted molar refractivity (Wildman–Crippen MR) is 92.3 cm³/mol. The van der Waals surface area contributed by atoms with Gasteiger partial charge < -0.3 is 15.3 Å². The molecule has 3 rings (SSSR count). The zero-order valence-corrected chi connectivity index (χ0v) is 14.0. The molecule has 2 fully saturated rings. The highest BCUT2D eigenvalue weighted by Crippen LogP contribution is 2.45. The van der Waals surface area contributed by atoms with Crippen molar-refractivity contribution in [3.05, 3.63) is 29.8 Å². The van der Waals surface area contributed by atoms with Crippen molar-refractivity contribution >= 4 is 5.69 Å². The van der Waals surface area contributed by atoms with Gasteiger partial charge in [-0.2, -0.15) is 0 Å². The number of nitrogens with one attached hydrogen (secondary N) is 1. The zero-order valence-electron chi connectivity index (χ0n) is 14.0. The van der Waals surface area contributed by atoms with E-state index in [1.54, 1.807) is 0 Å². The second-order valence-corrected chi connectivity index (χ2v) is 6.90. The fourth-order valence-electron chi connectivity index (χ4n) is 4.45. The lowest BCUT2D eigenvalue weighted by molar-refractivity contribution is -0.0861. The molecule has 0 radical (unpaired) electrons. The number of piperidine rings is 1. The molecule has 22 heavy (non-hydrogen) atoms. The van der Waals surface area contributed by atoms with Crippen molar-refractivity contribution in [2.45, 2.75) is 57.6 Å². The second kappa shape index (κ2) is 6.59. The minimum atomic E-state index is -0.439. The van der Waals surface area contributed by atoms with Crippen LogP contribution in [0.15, 0.2) is 24.3 Å². The Morgan fingerprint density at radius 1 is 1.14 bits per heavy atom. The van der Waals surface area contributed by atoms with E-state index in [4.69, 9.17) is 0 Å². The van der Waals surface area contributed by atoms with Crippen molar-refractivity contribution in [2.24, 2.45) is 5.92 Å². The molecule has 0 spiro atoms. The molecule has 1 saturated heterocycles. The Morgan fingerprint density at radius 2 is 1.86 bits per heavy atom. The lowest BCUT2D eigenvalue weighted by Crippen LogP contribution is -2.53. The average Bonchev–Trinajstić information content (AvgIpc) is 2.55. The Kier molecular flexibility index (Phi) is 4.74. The molecule has 1 aliphatic heterocycles. The average molecular weight is 302 g/mol. The molecule has 0 aromatic heterocycles. The summed E-state index contributed by atoms with van der Waals surface area (Å²) in [5, 5.41) is 14.7. The number of benzene rings is 1. The molecule has 0 bridgehead atoms. The predicted octanol–water partition coefficient (Wildman–Crippen LogP) is 3.49. The van der Waals surface area contributed by atoms with Crippen molar-refractivity contribution in [3.8, 4) is 0 Å². The van der Waals surface area contributed by atoms with E-state index < -0.39 is 5.60 Å². The summed E-state index contributed by atoms with van der Waals surface area (Å²) < 4.78 is 0. The van der Waals surface area contributed by atoms with E-state index in [0.29, 0.717) is 12.0 Å². The van der Waals surface area contributed by atoms with Gasteiger partial charge in [-0.25, -0.2) is 0 Å². The molecule has 1 aromatic carbocycles. The molecular formula is C19H30N2O. The van der Waals surface area contributed by atoms with Gasteiger partial charge in [-0.1, -0.05) is 25.0 Å². The summed E-state index contributed by atoms with van der Waals surface area (Å²) in [6.45, 7) is 7.40. The molecule has 1 heterocycles. The van der Waals surface area contributed by atoms with Crippen LogP contribution >= 0.6 is 0 Å². The highest BCUT2D eigenvalue weighted by molar-refractivity contribution is 5.48. The van der Waals surface area contributed by atoms with E-state index in [1.165, 1.54) is 24.1 Å². The van der Waals surface area contributed by atoms with Crippen LogP contribution in [0.3, 0.4) is 0 Å². The summed E-state index contributed by atoms with van der Waals surface area (Å²) in [7, 11) is 0. The first kappa shape index (κ1) is 15.8. The Labute approximate surface area is 134 Å². The molecule has 2 aliphatic rings. The summed E-state index contributed by atoms with van der Waals surface area (Å²) in [6, 6.07) is 9.29. The van der Waals surface area contributed by atoms with E-state index in [2.05, 4.69) is 48.3 Å². The van der Waals surface area contributed by atoms with Gasteiger partial charge >= 0.3 is 0 Å². The minimum absolute atomic E-state index is 0.310. The monoisotopic (exact) mass is 302 g/mol. The second-order valence-electron chi connectivity index (χ2n) is 6.90. The number of hydrogen-bond acceptors (Lipinski definition) is 3. The molecule has 3 nitrogen and oxygen atoms in total. The highest BCUT2D eigenvalue weighted by atomic mass is 16.3. The fraction of sp³-hybridized carbons (Fsp3) is 0.684. The standard InChI is InChI=1S/C19H30N2O/c1-3-21(4-2)16-10-8-15(9-11-16)18-17-7-5-6-12-19(17,22)13-14-20-18/h8-11,17-18,20,22H,3-7,12-14H2,1-2H3/t17-,18-,19+/m1/s1. The molecule has 0 unspecified atom stereocenters. The Balaban J connectivity index is 1.80. The Morgan fingerprint density at radius 3 is 2.55 bits per heavy atom. The number of fused-ring (bicyclic) bond motifs is 1. The van der Waals surface area contributed by atoms with E-state index >= 15 is 0 Å². The molecule has 0 amide bonds. The first-order valence-corrected chi connectivity index (χ1v) is 8.98.